The Hall–Kier alpha value is -4.09. The molecule has 0 bridgehead atoms. The zero-order valence-electron chi connectivity index (χ0n) is 20.5. The fourth-order valence-corrected chi connectivity index (χ4v) is 3.53. The van der Waals surface area contributed by atoms with Gasteiger partial charge in [0, 0.05) is 33.5 Å². The third-order valence-corrected chi connectivity index (χ3v) is 5.54. The monoisotopic (exact) mass is 515 g/mol. The topological polar surface area (TPSA) is 110 Å². The van der Waals surface area contributed by atoms with Gasteiger partial charge in [0.25, 0.3) is 11.8 Å². The van der Waals surface area contributed by atoms with Crippen LogP contribution in [-0.2, 0) is 22.6 Å². The Kier molecular flexibility index (Phi) is 9.47. The molecule has 0 aliphatic heterocycles. The molecule has 37 heavy (non-hydrogen) atoms. The summed E-state index contributed by atoms with van der Waals surface area (Å²) in [4.78, 5) is 43.3. The quantitative estimate of drug-likeness (QED) is 0.380. The number of halogens is 2. The second-order valence-electron chi connectivity index (χ2n) is 7.96. The zero-order chi connectivity index (χ0) is 26.9. The number of methoxy groups -OCH3 is 3. The summed E-state index contributed by atoms with van der Waals surface area (Å²) in [6.45, 7) is 0.0875. The second kappa shape index (κ2) is 12.7. The van der Waals surface area contributed by atoms with Crippen LogP contribution < -0.4 is 15.5 Å². The lowest BCUT2D eigenvalue weighted by molar-refractivity contribution is -0.112. The molecule has 2 amide bonds. The molecule has 196 valence electrons. The summed E-state index contributed by atoms with van der Waals surface area (Å²) >= 11 is 0. The molecule has 3 rings (SSSR count). The minimum absolute atomic E-state index is 0.0195. The van der Waals surface area contributed by atoms with Gasteiger partial charge in [-0.25, -0.2) is 8.78 Å². The number of H-pyrrole nitrogens is 1. The number of carbonyl (C=O) groups is 2. The summed E-state index contributed by atoms with van der Waals surface area (Å²) in [5, 5.41) is 2.58. The van der Waals surface area contributed by atoms with E-state index in [1.165, 1.54) is 74.8 Å². The number of aromatic amines is 1. The van der Waals surface area contributed by atoms with Crippen molar-refractivity contribution in [2.45, 2.75) is 19.4 Å². The Bertz CT molecular complexity index is 1270. The van der Waals surface area contributed by atoms with Crippen molar-refractivity contribution in [2.75, 3.05) is 27.9 Å². The van der Waals surface area contributed by atoms with Crippen molar-refractivity contribution in [3.05, 3.63) is 99.0 Å². The fourth-order valence-electron chi connectivity index (χ4n) is 3.53. The summed E-state index contributed by atoms with van der Waals surface area (Å²) in [5.74, 6) is -2.52. The molecule has 11 heteroatoms. The van der Waals surface area contributed by atoms with Crippen LogP contribution in [0.15, 0.2) is 59.5 Å². The molecule has 1 aromatic heterocycles. The van der Waals surface area contributed by atoms with E-state index in [4.69, 9.17) is 14.2 Å². The maximum atomic E-state index is 13.5. The molecule has 1 heterocycles. The fraction of sp³-hybridized carbons (Fsp3) is 0.269. The Balaban J connectivity index is 1.87. The van der Waals surface area contributed by atoms with Crippen LogP contribution in [0.25, 0.3) is 0 Å². The number of nitrogens with zero attached hydrogens (tertiary/aromatic N) is 1. The van der Waals surface area contributed by atoms with Crippen LogP contribution in [-0.4, -0.2) is 55.9 Å². The first kappa shape index (κ1) is 27.5. The molecule has 0 saturated heterocycles. The molecular formula is C26H27F2N3O6. The van der Waals surface area contributed by atoms with E-state index < -0.39 is 35.2 Å². The third kappa shape index (κ3) is 6.99. The predicted molar refractivity (Wildman–Crippen MR) is 130 cm³/mol. The molecule has 0 atom stereocenters. The van der Waals surface area contributed by atoms with Crippen LogP contribution in [0.2, 0.25) is 0 Å². The van der Waals surface area contributed by atoms with Gasteiger partial charge in [0.05, 0.1) is 13.7 Å². The maximum Gasteiger partial charge on any atom is 0.274 e. The van der Waals surface area contributed by atoms with Crippen molar-refractivity contribution in [3.63, 3.8) is 0 Å². The van der Waals surface area contributed by atoms with Crippen LogP contribution in [0.5, 0.6) is 5.75 Å². The van der Waals surface area contributed by atoms with Crippen molar-refractivity contribution < 1.29 is 32.6 Å². The Morgan fingerprint density at radius 2 is 1.51 bits per heavy atom. The minimum atomic E-state index is -0.794. The van der Waals surface area contributed by atoms with Gasteiger partial charge in [-0.05, 0) is 35.4 Å². The van der Waals surface area contributed by atoms with Crippen LogP contribution >= 0.6 is 0 Å². The summed E-state index contributed by atoms with van der Waals surface area (Å²) in [5.41, 5.74) is 0.00640. The number of hydrogen-bond donors (Lipinski definition) is 2. The van der Waals surface area contributed by atoms with Gasteiger partial charge < -0.3 is 29.4 Å². The van der Waals surface area contributed by atoms with Gasteiger partial charge in [-0.3, -0.25) is 14.4 Å². The number of aromatic nitrogens is 1. The lowest BCUT2D eigenvalue weighted by Crippen LogP contribution is -2.40. The summed E-state index contributed by atoms with van der Waals surface area (Å²) < 4.78 is 42.1. The predicted octanol–water partition coefficient (Wildman–Crippen LogP) is 2.85. The van der Waals surface area contributed by atoms with E-state index in [2.05, 4.69) is 10.3 Å². The van der Waals surface area contributed by atoms with E-state index in [0.29, 0.717) is 11.1 Å². The first-order valence-electron chi connectivity index (χ1n) is 11.2. The van der Waals surface area contributed by atoms with Crippen molar-refractivity contribution in [1.82, 2.24) is 15.2 Å². The summed E-state index contributed by atoms with van der Waals surface area (Å²) in [6.07, 6.45) is 0.344. The Morgan fingerprint density at radius 1 is 0.946 bits per heavy atom. The second-order valence-corrected chi connectivity index (χ2v) is 7.96. The van der Waals surface area contributed by atoms with Gasteiger partial charge in [0.15, 0.2) is 17.7 Å². The van der Waals surface area contributed by atoms with Gasteiger partial charge in [0.1, 0.15) is 17.2 Å². The molecule has 0 radical (unpaired) electrons. The first-order chi connectivity index (χ1) is 17.8. The normalized spacial score (nSPS) is 10.9. The molecule has 0 spiro atoms. The average molecular weight is 516 g/mol. The molecule has 3 aromatic rings. The molecule has 0 aliphatic rings. The summed E-state index contributed by atoms with van der Waals surface area (Å²) in [6, 6.07) is 11.1. The molecular weight excluding hydrogens is 488 g/mol. The highest BCUT2D eigenvalue weighted by Crippen LogP contribution is 2.18. The molecule has 0 aliphatic carbocycles. The first-order valence-corrected chi connectivity index (χ1v) is 11.2. The van der Waals surface area contributed by atoms with Gasteiger partial charge in [-0.2, -0.15) is 0 Å². The maximum absolute atomic E-state index is 13.5. The van der Waals surface area contributed by atoms with Crippen LogP contribution in [0.4, 0.5) is 8.78 Å². The van der Waals surface area contributed by atoms with E-state index in [1.54, 1.807) is 0 Å². The van der Waals surface area contributed by atoms with E-state index in [1.807, 2.05) is 0 Å². The third-order valence-electron chi connectivity index (χ3n) is 5.54. The minimum Gasteiger partial charge on any atom is -0.491 e. The number of rotatable bonds is 11. The Morgan fingerprint density at radius 3 is 2.05 bits per heavy atom. The number of nitrogens with one attached hydrogen (secondary N) is 2. The molecule has 9 nitrogen and oxygen atoms in total. The smallest absolute Gasteiger partial charge is 0.274 e. The highest BCUT2D eigenvalue weighted by molar-refractivity contribution is 5.98. The number of ether oxygens (including phenoxy) is 3. The molecule has 0 saturated carbocycles. The zero-order valence-corrected chi connectivity index (χ0v) is 20.5. The van der Waals surface area contributed by atoms with Crippen molar-refractivity contribution >= 4 is 11.8 Å². The van der Waals surface area contributed by atoms with Gasteiger partial charge in [-0.15, -0.1) is 0 Å². The molecule has 0 fully saturated rings. The lowest BCUT2D eigenvalue weighted by Gasteiger charge is -2.27. The van der Waals surface area contributed by atoms with Gasteiger partial charge >= 0.3 is 0 Å². The van der Waals surface area contributed by atoms with E-state index in [9.17, 15) is 23.2 Å². The standard InChI is InChI=1S/C26H27F2N3O6/c1-35-21(36-2)15-31(14-17-6-10-19(28)11-7-17)26(34)22-24(37-3)23(32)20(13-29-22)25(33)30-12-16-4-8-18(27)9-5-16/h4-11,13,21H,12,14-15H2,1-3H3,(H,29,32)(H,30,33). The Labute approximate surface area is 212 Å². The largest absolute Gasteiger partial charge is 0.491 e. The highest BCUT2D eigenvalue weighted by Gasteiger charge is 2.27. The number of hydrogen-bond acceptors (Lipinski definition) is 6. The van der Waals surface area contributed by atoms with Crippen LogP contribution in [0, 0.1) is 11.6 Å². The number of amides is 2. The lowest BCUT2D eigenvalue weighted by atomic mass is 10.1. The molecule has 0 unspecified atom stereocenters. The summed E-state index contributed by atoms with van der Waals surface area (Å²) in [7, 11) is 4.03. The SMILES string of the molecule is COc1c(C(=O)N(Cc2ccc(F)cc2)CC(OC)OC)[nH]cc(C(=O)NCc2ccc(F)cc2)c1=O. The van der Waals surface area contributed by atoms with E-state index >= 15 is 0 Å². The highest BCUT2D eigenvalue weighted by atomic mass is 19.1. The van der Waals surface area contributed by atoms with Crippen molar-refractivity contribution in [1.29, 1.82) is 0 Å². The van der Waals surface area contributed by atoms with Crippen LogP contribution in [0.3, 0.4) is 0 Å². The van der Waals surface area contributed by atoms with Crippen LogP contribution in [0.1, 0.15) is 32.0 Å². The number of benzene rings is 2. The van der Waals surface area contributed by atoms with Crippen molar-refractivity contribution in [2.24, 2.45) is 0 Å². The average Bonchev–Trinajstić information content (AvgIpc) is 2.91. The number of pyridine rings is 1. The van der Waals surface area contributed by atoms with E-state index in [-0.39, 0.29) is 36.6 Å². The number of carbonyl (C=O) groups excluding carboxylic acids is 2. The van der Waals surface area contributed by atoms with Crippen molar-refractivity contribution in [3.8, 4) is 5.75 Å². The van der Waals surface area contributed by atoms with E-state index in [0.717, 1.165) is 6.20 Å². The van der Waals surface area contributed by atoms with Gasteiger partial charge in [-0.1, -0.05) is 24.3 Å². The van der Waals surface area contributed by atoms with Gasteiger partial charge in [0.2, 0.25) is 5.43 Å². The molecule has 2 N–H and O–H groups in total. The molecule has 2 aromatic carbocycles.